The highest BCUT2D eigenvalue weighted by molar-refractivity contribution is 6.02. The molecule has 2 aromatic rings. The smallest absolute Gasteiger partial charge is 0.358 e. The minimum Gasteiger partial charge on any atom is -0.476 e. The van der Waals surface area contributed by atoms with Gasteiger partial charge in [0.25, 0.3) is 0 Å². The highest BCUT2D eigenvalue weighted by Gasteiger charge is 2.24. The molecular weight excluding hydrogens is 314 g/mol. The molecule has 1 aliphatic heterocycles. The van der Waals surface area contributed by atoms with Crippen molar-refractivity contribution in [3.05, 3.63) is 36.2 Å². The molecule has 1 aromatic heterocycles. The summed E-state index contributed by atoms with van der Waals surface area (Å²) in [4.78, 5) is 36.5. The number of para-hydroxylation sites is 2. The highest BCUT2D eigenvalue weighted by Crippen LogP contribution is 2.29. The molecule has 24 heavy (non-hydrogen) atoms. The predicted octanol–water partition coefficient (Wildman–Crippen LogP) is 0.742. The second kappa shape index (κ2) is 6.49. The number of carboxylic acids is 1. The van der Waals surface area contributed by atoms with E-state index in [9.17, 15) is 14.4 Å². The molecule has 0 atom stereocenters. The molecule has 2 heterocycles. The van der Waals surface area contributed by atoms with Crippen molar-refractivity contribution in [2.75, 3.05) is 16.8 Å². The fourth-order valence-corrected chi connectivity index (χ4v) is 2.53. The largest absolute Gasteiger partial charge is 0.476 e. The van der Waals surface area contributed by atoms with Crippen LogP contribution in [0.25, 0.3) is 0 Å². The monoisotopic (exact) mass is 329 g/mol. The molecule has 1 aliphatic rings. The van der Waals surface area contributed by atoms with E-state index in [0.29, 0.717) is 24.3 Å². The SMILES string of the molecule is O=C(Cn1cc(C(=O)O)nn1)Nc1ccccc1N1CCCC1=O. The summed E-state index contributed by atoms with van der Waals surface area (Å²) in [6.07, 6.45) is 2.47. The van der Waals surface area contributed by atoms with Gasteiger partial charge in [-0.15, -0.1) is 5.10 Å². The normalized spacial score (nSPS) is 14.0. The number of benzene rings is 1. The zero-order valence-electron chi connectivity index (χ0n) is 12.7. The molecule has 0 radical (unpaired) electrons. The Bertz CT molecular complexity index is 801. The third-order valence-corrected chi connectivity index (χ3v) is 3.61. The van der Waals surface area contributed by atoms with E-state index in [1.807, 2.05) is 0 Å². The summed E-state index contributed by atoms with van der Waals surface area (Å²) in [5, 5.41) is 18.6. The number of amides is 2. The highest BCUT2D eigenvalue weighted by atomic mass is 16.4. The van der Waals surface area contributed by atoms with Gasteiger partial charge in [-0.3, -0.25) is 9.59 Å². The van der Waals surface area contributed by atoms with Gasteiger partial charge in [0, 0.05) is 13.0 Å². The van der Waals surface area contributed by atoms with E-state index in [1.165, 1.54) is 6.20 Å². The zero-order valence-corrected chi connectivity index (χ0v) is 12.7. The number of carbonyl (C=O) groups is 3. The van der Waals surface area contributed by atoms with E-state index in [4.69, 9.17) is 5.11 Å². The average Bonchev–Trinajstić information content (AvgIpc) is 3.17. The third-order valence-electron chi connectivity index (χ3n) is 3.61. The van der Waals surface area contributed by atoms with Gasteiger partial charge in [0.1, 0.15) is 6.54 Å². The summed E-state index contributed by atoms with van der Waals surface area (Å²) in [6, 6.07) is 7.05. The van der Waals surface area contributed by atoms with Gasteiger partial charge in [0.05, 0.1) is 17.6 Å². The number of aromatic carboxylic acids is 1. The molecule has 0 spiro atoms. The molecule has 0 unspecified atom stereocenters. The summed E-state index contributed by atoms with van der Waals surface area (Å²) < 4.78 is 1.14. The van der Waals surface area contributed by atoms with Crippen LogP contribution in [0.4, 0.5) is 11.4 Å². The van der Waals surface area contributed by atoms with Gasteiger partial charge in [0.15, 0.2) is 5.69 Å². The Hall–Kier alpha value is -3.23. The lowest BCUT2D eigenvalue weighted by Gasteiger charge is -2.19. The van der Waals surface area contributed by atoms with Gasteiger partial charge >= 0.3 is 5.97 Å². The van der Waals surface area contributed by atoms with Crippen LogP contribution in [-0.4, -0.2) is 44.4 Å². The Kier molecular flexibility index (Phi) is 4.23. The lowest BCUT2D eigenvalue weighted by Crippen LogP contribution is -2.26. The number of rotatable bonds is 5. The third kappa shape index (κ3) is 3.24. The Morgan fingerprint density at radius 1 is 1.29 bits per heavy atom. The second-order valence-electron chi connectivity index (χ2n) is 5.32. The Labute approximate surface area is 136 Å². The van der Waals surface area contributed by atoms with Crippen LogP contribution in [0.5, 0.6) is 0 Å². The van der Waals surface area contributed by atoms with E-state index in [1.54, 1.807) is 29.2 Å². The standard InChI is InChI=1S/C15H15N5O4/c21-13(9-19-8-11(15(23)24)17-18-19)16-10-4-1-2-5-12(10)20-7-3-6-14(20)22/h1-2,4-5,8H,3,6-7,9H2,(H,16,21)(H,23,24). The molecule has 9 heteroatoms. The first kappa shape index (κ1) is 15.7. The Morgan fingerprint density at radius 3 is 2.75 bits per heavy atom. The number of nitrogens with one attached hydrogen (secondary N) is 1. The molecule has 1 fully saturated rings. The molecule has 3 rings (SSSR count). The Morgan fingerprint density at radius 2 is 2.08 bits per heavy atom. The quantitative estimate of drug-likeness (QED) is 0.835. The van der Waals surface area contributed by atoms with Crippen LogP contribution in [-0.2, 0) is 16.1 Å². The molecule has 9 nitrogen and oxygen atoms in total. The first-order chi connectivity index (χ1) is 11.5. The van der Waals surface area contributed by atoms with Crippen LogP contribution in [0.3, 0.4) is 0 Å². The maximum Gasteiger partial charge on any atom is 0.358 e. The fraction of sp³-hybridized carbons (Fsp3) is 0.267. The molecule has 0 aliphatic carbocycles. The van der Waals surface area contributed by atoms with Crippen molar-refractivity contribution in [3.63, 3.8) is 0 Å². The van der Waals surface area contributed by atoms with Crippen LogP contribution in [0, 0.1) is 0 Å². The summed E-state index contributed by atoms with van der Waals surface area (Å²) in [5.74, 6) is -1.57. The van der Waals surface area contributed by atoms with Crippen molar-refractivity contribution in [3.8, 4) is 0 Å². The van der Waals surface area contributed by atoms with Crippen molar-refractivity contribution in [1.29, 1.82) is 0 Å². The minimum atomic E-state index is -1.21. The van der Waals surface area contributed by atoms with Crippen molar-refractivity contribution in [2.45, 2.75) is 19.4 Å². The lowest BCUT2D eigenvalue weighted by molar-refractivity contribution is -0.118. The first-order valence-electron chi connectivity index (χ1n) is 7.37. The van der Waals surface area contributed by atoms with Crippen LogP contribution < -0.4 is 10.2 Å². The van der Waals surface area contributed by atoms with Gasteiger partial charge in [-0.25, -0.2) is 9.48 Å². The number of carbonyl (C=O) groups excluding carboxylic acids is 2. The van der Waals surface area contributed by atoms with Gasteiger partial charge in [-0.2, -0.15) is 0 Å². The molecule has 2 amide bonds. The van der Waals surface area contributed by atoms with Gasteiger partial charge in [-0.05, 0) is 18.6 Å². The summed E-state index contributed by atoms with van der Waals surface area (Å²) >= 11 is 0. The van der Waals surface area contributed by atoms with Gasteiger partial charge in [0.2, 0.25) is 11.8 Å². The number of carboxylic acid groups (broad SMARTS) is 1. The molecule has 1 saturated heterocycles. The van der Waals surface area contributed by atoms with Crippen molar-refractivity contribution in [2.24, 2.45) is 0 Å². The molecule has 2 N–H and O–H groups in total. The van der Waals surface area contributed by atoms with Crippen molar-refractivity contribution < 1.29 is 19.5 Å². The van der Waals surface area contributed by atoms with Crippen molar-refractivity contribution >= 4 is 29.2 Å². The van der Waals surface area contributed by atoms with E-state index < -0.39 is 11.9 Å². The lowest BCUT2D eigenvalue weighted by atomic mass is 10.2. The predicted molar refractivity (Wildman–Crippen MR) is 83.6 cm³/mol. The second-order valence-corrected chi connectivity index (χ2v) is 5.32. The van der Waals surface area contributed by atoms with Crippen LogP contribution in [0.15, 0.2) is 30.5 Å². The summed E-state index contributed by atoms with van der Waals surface area (Å²) in [6.45, 7) is 0.444. The number of nitrogens with zero attached hydrogens (tertiary/aromatic N) is 4. The van der Waals surface area contributed by atoms with E-state index in [0.717, 1.165) is 11.1 Å². The van der Waals surface area contributed by atoms with E-state index in [2.05, 4.69) is 15.6 Å². The maximum absolute atomic E-state index is 12.2. The number of hydrogen-bond donors (Lipinski definition) is 2. The van der Waals surface area contributed by atoms with Crippen LogP contribution >= 0.6 is 0 Å². The van der Waals surface area contributed by atoms with E-state index in [-0.39, 0.29) is 18.1 Å². The fourth-order valence-electron chi connectivity index (χ4n) is 2.53. The number of anilines is 2. The first-order valence-corrected chi connectivity index (χ1v) is 7.37. The van der Waals surface area contributed by atoms with Crippen LogP contribution in [0.1, 0.15) is 23.3 Å². The Balaban J connectivity index is 1.72. The average molecular weight is 329 g/mol. The zero-order chi connectivity index (χ0) is 17.1. The topological polar surface area (TPSA) is 117 Å². The molecular formula is C15H15N5O4. The van der Waals surface area contributed by atoms with E-state index >= 15 is 0 Å². The van der Waals surface area contributed by atoms with Crippen LogP contribution in [0.2, 0.25) is 0 Å². The summed E-state index contributed by atoms with van der Waals surface area (Å²) in [5.41, 5.74) is 0.945. The van der Waals surface area contributed by atoms with Crippen molar-refractivity contribution in [1.82, 2.24) is 15.0 Å². The number of hydrogen-bond acceptors (Lipinski definition) is 5. The maximum atomic E-state index is 12.2. The molecule has 124 valence electrons. The molecule has 0 saturated carbocycles. The molecule has 1 aromatic carbocycles. The van der Waals surface area contributed by atoms with Gasteiger partial charge in [-0.1, -0.05) is 17.3 Å². The minimum absolute atomic E-state index is 0.0269. The number of aromatic nitrogens is 3. The summed E-state index contributed by atoms with van der Waals surface area (Å²) in [7, 11) is 0. The molecule has 0 bridgehead atoms. The van der Waals surface area contributed by atoms with Gasteiger partial charge < -0.3 is 15.3 Å².